The molecule has 5 nitrogen and oxygen atoms in total. The third-order valence-electron chi connectivity index (χ3n) is 4.77. The van der Waals surface area contributed by atoms with Crippen LogP contribution in [0.25, 0.3) is 33.3 Å². The van der Waals surface area contributed by atoms with Crippen molar-refractivity contribution in [2.75, 3.05) is 0 Å². The molecule has 0 spiro atoms. The van der Waals surface area contributed by atoms with Crippen LogP contribution in [0.5, 0.6) is 0 Å². The summed E-state index contributed by atoms with van der Waals surface area (Å²) in [4.78, 5) is 18.5. The quantitative estimate of drug-likeness (QED) is 0.479. The molecule has 0 atom stereocenters. The summed E-state index contributed by atoms with van der Waals surface area (Å²) in [7, 11) is 0. The molecule has 0 radical (unpaired) electrons. The monoisotopic (exact) mass is 406 g/mol. The topological polar surface area (TPSA) is 63.0 Å². The van der Waals surface area contributed by atoms with Gasteiger partial charge in [0.2, 0.25) is 0 Å². The van der Waals surface area contributed by atoms with Gasteiger partial charge in [0.1, 0.15) is 0 Å². The fraction of sp³-hybridized carbons (Fsp3) is 0.0952. The first-order chi connectivity index (χ1) is 13.5. The lowest BCUT2D eigenvalue weighted by Gasteiger charge is -1.99. The molecule has 2 aromatic carbocycles. The minimum atomic E-state index is -0.0595. The van der Waals surface area contributed by atoms with Crippen LogP contribution in [0.1, 0.15) is 16.7 Å². The van der Waals surface area contributed by atoms with E-state index in [9.17, 15) is 4.79 Å². The van der Waals surface area contributed by atoms with Crippen molar-refractivity contribution in [3.05, 3.63) is 79.2 Å². The summed E-state index contributed by atoms with van der Waals surface area (Å²) in [5.74, 6) is 0. The van der Waals surface area contributed by atoms with Gasteiger partial charge in [0.15, 0.2) is 4.96 Å². The zero-order valence-corrected chi connectivity index (χ0v) is 16.7. The van der Waals surface area contributed by atoms with E-state index in [2.05, 4.69) is 21.2 Å². The Balaban J connectivity index is 1.72. The zero-order chi connectivity index (χ0) is 19.4. The lowest BCUT2D eigenvalue weighted by Crippen LogP contribution is -2.22. The lowest BCUT2D eigenvalue weighted by atomic mass is 10.1. The number of nitrogens with zero attached hydrogens (tertiary/aromatic N) is 3. The van der Waals surface area contributed by atoms with Crippen LogP contribution in [0.3, 0.4) is 0 Å². The Bertz CT molecular complexity index is 1460. The number of rotatable bonds is 2. The first kappa shape index (κ1) is 17.2. The number of hydrogen-bond donors (Lipinski definition) is 1. The molecular formula is C21H15ClN4OS. The van der Waals surface area contributed by atoms with Crippen molar-refractivity contribution in [3.8, 4) is 11.3 Å². The molecule has 0 bridgehead atoms. The second kappa shape index (κ2) is 6.29. The average molecular weight is 407 g/mol. The first-order valence-electron chi connectivity index (χ1n) is 8.74. The zero-order valence-electron chi connectivity index (χ0n) is 15.2. The van der Waals surface area contributed by atoms with Crippen molar-refractivity contribution < 1.29 is 0 Å². The predicted molar refractivity (Wildman–Crippen MR) is 114 cm³/mol. The fourth-order valence-corrected chi connectivity index (χ4v) is 4.60. The Hall–Kier alpha value is -2.96. The Morgan fingerprint density at radius 2 is 1.96 bits per heavy atom. The van der Waals surface area contributed by atoms with Crippen LogP contribution in [-0.4, -0.2) is 19.6 Å². The number of aromatic amines is 1. The number of fused-ring (bicyclic) bond motifs is 3. The normalized spacial score (nSPS) is 12.5. The third kappa shape index (κ3) is 2.65. The Kier molecular flexibility index (Phi) is 3.86. The number of aryl methyl sites for hydroxylation is 2. The minimum absolute atomic E-state index is 0.0595. The second-order valence-corrected chi connectivity index (χ2v) is 8.25. The molecule has 0 aliphatic rings. The van der Waals surface area contributed by atoms with Crippen LogP contribution < -0.4 is 10.1 Å². The lowest BCUT2D eigenvalue weighted by molar-refractivity contribution is 1.10. The maximum absolute atomic E-state index is 13.1. The van der Waals surface area contributed by atoms with Crippen molar-refractivity contribution in [3.63, 3.8) is 0 Å². The van der Waals surface area contributed by atoms with E-state index in [1.54, 1.807) is 10.6 Å². The molecule has 5 aromatic rings. The summed E-state index contributed by atoms with van der Waals surface area (Å²) in [5.41, 5.74) is 6.52. The number of H-pyrrole nitrogens is 1. The summed E-state index contributed by atoms with van der Waals surface area (Å²) < 4.78 is 2.33. The molecule has 28 heavy (non-hydrogen) atoms. The summed E-state index contributed by atoms with van der Waals surface area (Å²) >= 11 is 7.37. The van der Waals surface area contributed by atoms with Crippen molar-refractivity contribution >= 4 is 45.0 Å². The molecule has 0 unspecified atom stereocenters. The van der Waals surface area contributed by atoms with Crippen molar-refractivity contribution in [2.45, 2.75) is 13.8 Å². The average Bonchev–Trinajstić information content (AvgIpc) is 3.33. The largest absolute Gasteiger partial charge is 0.277 e. The van der Waals surface area contributed by atoms with Gasteiger partial charge in [-0.1, -0.05) is 41.1 Å². The van der Waals surface area contributed by atoms with Gasteiger partial charge in [0.25, 0.3) is 5.56 Å². The van der Waals surface area contributed by atoms with Crippen LogP contribution >= 0.6 is 22.9 Å². The number of halogens is 1. The van der Waals surface area contributed by atoms with Gasteiger partial charge >= 0.3 is 0 Å². The highest BCUT2D eigenvalue weighted by Gasteiger charge is 2.14. The molecule has 0 aliphatic carbocycles. The molecule has 0 aliphatic heterocycles. The maximum Gasteiger partial charge on any atom is 0.274 e. The standard InChI is InChI=1S/C21H15ClN4OS/c1-11-7-12(2)18-16(8-11)26-20(27)17(28-21(26)24-18)9-14-10-23-25-19(14)13-3-5-15(22)6-4-13/h3-10H,1-2H3,(H,23,25). The van der Waals surface area contributed by atoms with E-state index in [-0.39, 0.29) is 5.56 Å². The SMILES string of the molecule is Cc1cc(C)c2nc3sc(=Cc4cn[nH]c4-c4ccc(Cl)cc4)c(=O)n3c2c1. The highest BCUT2D eigenvalue weighted by molar-refractivity contribution is 7.15. The van der Waals surface area contributed by atoms with Gasteiger partial charge in [-0.2, -0.15) is 5.10 Å². The van der Waals surface area contributed by atoms with Crippen LogP contribution in [0.15, 0.2) is 47.4 Å². The van der Waals surface area contributed by atoms with E-state index in [4.69, 9.17) is 11.6 Å². The second-order valence-electron chi connectivity index (χ2n) is 6.80. The van der Waals surface area contributed by atoms with Crippen LogP contribution in [0, 0.1) is 13.8 Å². The van der Waals surface area contributed by atoms with Crippen molar-refractivity contribution in [1.29, 1.82) is 0 Å². The third-order valence-corrected chi connectivity index (χ3v) is 5.99. The van der Waals surface area contributed by atoms with E-state index in [1.165, 1.54) is 11.3 Å². The van der Waals surface area contributed by atoms with Gasteiger partial charge in [-0.25, -0.2) is 9.38 Å². The molecule has 5 rings (SSSR count). The van der Waals surface area contributed by atoms with E-state index in [1.807, 2.05) is 50.3 Å². The van der Waals surface area contributed by atoms with E-state index in [0.29, 0.717) is 14.5 Å². The van der Waals surface area contributed by atoms with Gasteiger partial charge in [0.05, 0.1) is 27.5 Å². The molecule has 0 fully saturated rings. The van der Waals surface area contributed by atoms with Crippen molar-refractivity contribution in [2.24, 2.45) is 0 Å². The van der Waals surface area contributed by atoms with Crippen molar-refractivity contribution in [1.82, 2.24) is 19.6 Å². The van der Waals surface area contributed by atoms with Crippen LogP contribution in [-0.2, 0) is 0 Å². The maximum atomic E-state index is 13.1. The van der Waals surface area contributed by atoms with Gasteiger partial charge in [-0.15, -0.1) is 0 Å². The highest BCUT2D eigenvalue weighted by Crippen LogP contribution is 2.24. The van der Waals surface area contributed by atoms with E-state index < -0.39 is 0 Å². The molecular weight excluding hydrogens is 392 g/mol. The smallest absolute Gasteiger partial charge is 0.274 e. The van der Waals surface area contributed by atoms with Gasteiger partial charge in [0, 0.05) is 16.1 Å². The number of aromatic nitrogens is 4. The number of nitrogens with one attached hydrogen (secondary N) is 1. The number of hydrogen-bond acceptors (Lipinski definition) is 4. The first-order valence-corrected chi connectivity index (χ1v) is 9.94. The van der Waals surface area contributed by atoms with Gasteiger partial charge in [-0.3, -0.25) is 9.89 Å². The summed E-state index contributed by atoms with van der Waals surface area (Å²) in [6, 6.07) is 11.6. The number of thiazole rings is 1. The van der Waals surface area contributed by atoms with E-state index >= 15 is 0 Å². The van der Waals surface area contributed by atoms with Gasteiger partial charge < -0.3 is 0 Å². The fourth-order valence-electron chi connectivity index (χ4n) is 3.50. The molecule has 7 heteroatoms. The molecule has 0 saturated heterocycles. The Morgan fingerprint density at radius 3 is 2.75 bits per heavy atom. The van der Waals surface area contributed by atoms with Gasteiger partial charge in [-0.05, 0) is 49.2 Å². The molecule has 3 heterocycles. The highest BCUT2D eigenvalue weighted by atomic mass is 35.5. The molecule has 3 aromatic heterocycles. The van der Waals surface area contributed by atoms with Crippen LogP contribution in [0.2, 0.25) is 5.02 Å². The number of benzene rings is 2. The predicted octanol–water partition coefficient (Wildman–Crippen LogP) is 4.12. The number of imidazole rings is 1. The summed E-state index contributed by atoms with van der Waals surface area (Å²) in [6.07, 6.45) is 3.59. The molecule has 0 amide bonds. The minimum Gasteiger partial charge on any atom is -0.277 e. The van der Waals surface area contributed by atoms with Crippen LogP contribution in [0.4, 0.5) is 0 Å². The summed E-state index contributed by atoms with van der Waals surface area (Å²) in [6.45, 7) is 4.05. The molecule has 1 N–H and O–H groups in total. The molecule has 0 saturated carbocycles. The Labute approximate surface area is 168 Å². The summed E-state index contributed by atoms with van der Waals surface area (Å²) in [5, 5.41) is 7.84. The molecule has 138 valence electrons. The Morgan fingerprint density at radius 1 is 1.18 bits per heavy atom. The van der Waals surface area contributed by atoms with E-state index in [0.717, 1.165) is 39.0 Å².